The first-order chi connectivity index (χ1) is 16.2. The summed E-state index contributed by atoms with van der Waals surface area (Å²) in [5.41, 5.74) is 8.56. The van der Waals surface area contributed by atoms with Crippen molar-refractivity contribution in [2.45, 2.75) is 18.3 Å². The molecular weight excluding hydrogens is 466 g/mol. The molecule has 0 spiro atoms. The summed E-state index contributed by atoms with van der Waals surface area (Å²) in [5.74, 6) is 0. The first kappa shape index (κ1) is 21.5. The van der Waals surface area contributed by atoms with Gasteiger partial charge in [-0.2, -0.15) is 0 Å². The predicted molar refractivity (Wildman–Crippen MR) is 145 cm³/mol. The molecule has 0 saturated carbocycles. The third-order valence-electron chi connectivity index (χ3n) is 6.58. The lowest BCUT2D eigenvalue weighted by Crippen LogP contribution is -2.23. The summed E-state index contributed by atoms with van der Waals surface area (Å²) in [6.45, 7) is 8.18. The lowest BCUT2D eigenvalue weighted by Gasteiger charge is -2.31. The molecule has 1 aliphatic rings. The number of rotatable bonds is 7. The molecule has 0 unspecified atom stereocenters. The topological polar surface area (TPSA) is 3.24 Å². The van der Waals surface area contributed by atoms with Crippen LogP contribution in [0.25, 0.3) is 11.1 Å². The van der Waals surface area contributed by atoms with Gasteiger partial charge in [0.2, 0.25) is 0 Å². The molecule has 2 heteroatoms. The van der Waals surface area contributed by atoms with Crippen LogP contribution >= 0.6 is 15.9 Å². The molecule has 1 nitrogen and oxygen atoms in total. The molecule has 0 heterocycles. The molecule has 0 atom stereocenters. The van der Waals surface area contributed by atoms with E-state index in [1.807, 2.05) is 12.2 Å². The number of halogens is 1. The number of allylic oxidation sites excluding steroid dienone is 2. The molecule has 4 aromatic carbocycles. The highest BCUT2D eigenvalue weighted by molar-refractivity contribution is 9.10. The van der Waals surface area contributed by atoms with E-state index in [2.05, 4.69) is 131 Å². The molecule has 0 aromatic heterocycles. The highest BCUT2D eigenvalue weighted by Crippen LogP contribution is 2.55. The Hall–Kier alpha value is -3.36. The van der Waals surface area contributed by atoms with Crippen molar-refractivity contribution in [3.05, 3.63) is 138 Å². The molecule has 0 radical (unpaired) electrons. The maximum atomic E-state index is 4.09. The zero-order valence-corrected chi connectivity index (χ0v) is 20.1. The van der Waals surface area contributed by atoms with E-state index in [9.17, 15) is 0 Å². The van der Waals surface area contributed by atoms with Gasteiger partial charge in [0.15, 0.2) is 0 Å². The highest BCUT2D eigenvalue weighted by Gasteiger charge is 2.41. The summed E-state index contributed by atoms with van der Waals surface area (Å²) in [6.07, 6.45) is 5.83. The number of benzene rings is 4. The molecule has 5 rings (SSSR count). The summed E-state index contributed by atoms with van der Waals surface area (Å²) in [4.78, 5) is 2.32. The fourth-order valence-corrected chi connectivity index (χ4v) is 5.59. The minimum atomic E-state index is -0.127. The number of hydrogen-bond donors (Lipinski definition) is 0. The molecule has 162 valence electrons. The number of nitrogens with zero attached hydrogens (tertiary/aromatic N) is 1. The molecule has 33 heavy (non-hydrogen) atoms. The van der Waals surface area contributed by atoms with Gasteiger partial charge in [-0.1, -0.05) is 76.6 Å². The summed E-state index contributed by atoms with van der Waals surface area (Å²) >= 11 is 3.70. The Morgan fingerprint density at radius 2 is 1.15 bits per heavy atom. The van der Waals surface area contributed by atoms with E-state index in [0.717, 1.165) is 34.4 Å². The summed E-state index contributed by atoms with van der Waals surface area (Å²) in [6, 6.07) is 34.7. The van der Waals surface area contributed by atoms with Crippen molar-refractivity contribution in [2.75, 3.05) is 4.90 Å². The Morgan fingerprint density at radius 1 is 0.636 bits per heavy atom. The van der Waals surface area contributed by atoms with E-state index in [1.54, 1.807) is 0 Å². The largest absolute Gasteiger partial charge is 0.310 e. The Morgan fingerprint density at radius 3 is 1.70 bits per heavy atom. The van der Waals surface area contributed by atoms with Crippen molar-refractivity contribution < 1.29 is 0 Å². The smallest absolute Gasteiger partial charge is 0.0468 e. The molecule has 0 fully saturated rings. The van der Waals surface area contributed by atoms with Gasteiger partial charge in [0, 0.05) is 26.9 Å². The second-order valence-corrected chi connectivity index (χ2v) is 9.41. The van der Waals surface area contributed by atoms with Crippen molar-refractivity contribution in [3.8, 4) is 11.1 Å². The summed E-state index contributed by atoms with van der Waals surface area (Å²) in [5, 5.41) is 0. The molecule has 0 saturated heterocycles. The van der Waals surface area contributed by atoms with Gasteiger partial charge in [-0.3, -0.25) is 0 Å². The maximum absolute atomic E-state index is 4.09. The highest BCUT2D eigenvalue weighted by atomic mass is 79.9. The Labute approximate surface area is 204 Å². The number of anilines is 3. The average molecular weight is 492 g/mol. The molecule has 0 aliphatic heterocycles. The summed E-state index contributed by atoms with van der Waals surface area (Å²) < 4.78 is 1.09. The van der Waals surface area contributed by atoms with Crippen LogP contribution < -0.4 is 4.90 Å². The number of hydrogen-bond acceptors (Lipinski definition) is 1. The van der Waals surface area contributed by atoms with Gasteiger partial charge in [-0.25, -0.2) is 0 Å². The standard InChI is InChI=1S/C31H26BrN/c1-3-19-31(20-4-2)29-17-15-23(32)21-27(29)28-22-26(16-18-30(28)31)33(24-11-7-5-8-12-24)25-13-9-6-10-14-25/h3-18,21-22H,1-2,19-20H2. The maximum Gasteiger partial charge on any atom is 0.0468 e. The minimum absolute atomic E-state index is 0.127. The van der Waals surface area contributed by atoms with Crippen molar-refractivity contribution >= 4 is 33.0 Å². The van der Waals surface area contributed by atoms with Gasteiger partial charge in [0.1, 0.15) is 0 Å². The van der Waals surface area contributed by atoms with Gasteiger partial charge in [0.05, 0.1) is 0 Å². The third-order valence-corrected chi connectivity index (χ3v) is 7.07. The molecule has 4 aromatic rings. The van der Waals surface area contributed by atoms with Gasteiger partial charge < -0.3 is 4.90 Å². The van der Waals surface area contributed by atoms with Crippen molar-refractivity contribution in [3.63, 3.8) is 0 Å². The predicted octanol–water partition coefficient (Wildman–Crippen LogP) is 9.34. The Kier molecular flexibility index (Phi) is 5.78. The van der Waals surface area contributed by atoms with Crippen LogP contribution in [0, 0.1) is 0 Å². The molecule has 0 N–H and O–H groups in total. The van der Waals surface area contributed by atoms with Crippen LogP contribution in [-0.2, 0) is 5.41 Å². The van der Waals surface area contributed by atoms with E-state index >= 15 is 0 Å². The normalized spacial score (nSPS) is 13.1. The van der Waals surface area contributed by atoms with Gasteiger partial charge in [-0.05, 0) is 83.6 Å². The van der Waals surface area contributed by atoms with Crippen LogP contribution in [0.5, 0.6) is 0 Å². The van der Waals surface area contributed by atoms with Crippen LogP contribution in [0.4, 0.5) is 17.1 Å². The monoisotopic (exact) mass is 491 g/mol. The van der Waals surface area contributed by atoms with Crippen LogP contribution in [0.2, 0.25) is 0 Å². The number of para-hydroxylation sites is 2. The summed E-state index contributed by atoms with van der Waals surface area (Å²) in [7, 11) is 0. The molecule has 1 aliphatic carbocycles. The first-order valence-electron chi connectivity index (χ1n) is 11.2. The van der Waals surface area contributed by atoms with Crippen LogP contribution in [0.1, 0.15) is 24.0 Å². The second kappa shape index (κ2) is 8.88. The molecular formula is C31H26BrN. The van der Waals surface area contributed by atoms with E-state index < -0.39 is 0 Å². The van der Waals surface area contributed by atoms with E-state index in [0.29, 0.717) is 0 Å². The SMILES string of the molecule is C=CCC1(CC=C)c2ccc(Br)cc2-c2cc(N(c3ccccc3)c3ccccc3)ccc21. The van der Waals surface area contributed by atoms with Gasteiger partial charge >= 0.3 is 0 Å². The first-order valence-corrected chi connectivity index (χ1v) is 12.0. The van der Waals surface area contributed by atoms with Crippen molar-refractivity contribution in [2.24, 2.45) is 0 Å². The Bertz CT molecular complexity index is 1260. The quantitative estimate of drug-likeness (QED) is 0.232. The zero-order valence-electron chi connectivity index (χ0n) is 18.5. The second-order valence-electron chi connectivity index (χ2n) is 8.49. The average Bonchev–Trinajstić information content (AvgIpc) is 3.10. The van der Waals surface area contributed by atoms with Gasteiger partial charge in [-0.15, -0.1) is 13.2 Å². The zero-order chi connectivity index (χ0) is 22.8. The van der Waals surface area contributed by atoms with E-state index in [-0.39, 0.29) is 5.41 Å². The molecule has 0 amide bonds. The Balaban J connectivity index is 1.75. The van der Waals surface area contributed by atoms with E-state index in [4.69, 9.17) is 0 Å². The number of fused-ring (bicyclic) bond motifs is 3. The van der Waals surface area contributed by atoms with E-state index in [1.165, 1.54) is 22.3 Å². The fourth-order valence-electron chi connectivity index (χ4n) is 5.23. The van der Waals surface area contributed by atoms with Crippen LogP contribution in [0.15, 0.2) is 127 Å². The lowest BCUT2D eigenvalue weighted by atomic mass is 9.73. The lowest BCUT2D eigenvalue weighted by molar-refractivity contribution is 0.543. The van der Waals surface area contributed by atoms with Gasteiger partial charge in [0.25, 0.3) is 0 Å². The van der Waals surface area contributed by atoms with Crippen molar-refractivity contribution in [1.82, 2.24) is 0 Å². The van der Waals surface area contributed by atoms with Crippen LogP contribution in [0.3, 0.4) is 0 Å². The van der Waals surface area contributed by atoms with Crippen LogP contribution in [-0.4, -0.2) is 0 Å². The molecule has 0 bridgehead atoms. The van der Waals surface area contributed by atoms with Crippen molar-refractivity contribution in [1.29, 1.82) is 0 Å². The third kappa shape index (κ3) is 3.65. The fraction of sp³-hybridized carbons (Fsp3) is 0.0968. The minimum Gasteiger partial charge on any atom is -0.310 e.